The third-order valence-corrected chi connectivity index (χ3v) is 6.82. The highest BCUT2D eigenvalue weighted by atomic mass is 32.1. The largest absolute Gasteiger partial charge is 0.344 e. The molecule has 2 aromatic heterocycles. The van der Waals surface area contributed by atoms with Gasteiger partial charge in [0.2, 0.25) is 0 Å². The molecule has 128 valence electrons. The number of nitrogens with zero attached hydrogens (tertiary/aromatic N) is 1. The molecule has 6 aromatic rings. The van der Waals surface area contributed by atoms with Gasteiger partial charge in [0.15, 0.2) is 0 Å². The van der Waals surface area contributed by atoms with Crippen LogP contribution in [-0.4, -0.2) is 4.57 Å². The highest BCUT2D eigenvalue weighted by Crippen LogP contribution is 2.42. The van der Waals surface area contributed by atoms with Crippen LogP contribution in [-0.2, 0) is 7.05 Å². The molecule has 4 aromatic carbocycles. The number of aromatic nitrogens is 1. The Labute approximate surface area is 161 Å². The van der Waals surface area contributed by atoms with Crippen molar-refractivity contribution in [2.24, 2.45) is 7.05 Å². The standard InChI is InChI=1S/C25H17NS/c1-26-21-13-11-17(16-7-3-2-4-8-16)15-20(21)24-22(26)14-12-19-18-9-5-6-10-23(18)27-25(19)24/h2-15H,1H3. The zero-order valence-corrected chi connectivity index (χ0v) is 15.8. The zero-order chi connectivity index (χ0) is 18.0. The van der Waals surface area contributed by atoms with Crippen LogP contribution < -0.4 is 0 Å². The molecule has 0 N–H and O–H groups in total. The summed E-state index contributed by atoms with van der Waals surface area (Å²) in [7, 11) is 2.17. The van der Waals surface area contributed by atoms with Crippen molar-refractivity contribution in [1.29, 1.82) is 0 Å². The lowest BCUT2D eigenvalue weighted by molar-refractivity contribution is 1.01. The molecular weight excluding hydrogens is 346 g/mol. The van der Waals surface area contributed by atoms with E-state index in [0.29, 0.717) is 0 Å². The summed E-state index contributed by atoms with van der Waals surface area (Å²) in [6.07, 6.45) is 0. The number of hydrogen-bond acceptors (Lipinski definition) is 1. The highest BCUT2D eigenvalue weighted by Gasteiger charge is 2.15. The molecule has 0 aliphatic carbocycles. The van der Waals surface area contributed by atoms with E-state index >= 15 is 0 Å². The minimum absolute atomic E-state index is 1.26. The van der Waals surface area contributed by atoms with E-state index in [2.05, 4.69) is 96.5 Å². The molecule has 0 unspecified atom stereocenters. The molecule has 0 amide bonds. The van der Waals surface area contributed by atoms with Gasteiger partial charge >= 0.3 is 0 Å². The first-order valence-electron chi connectivity index (χ1n) is 9.19. The van der Waals surface area contributed by atoms with Crippen molar-refractivity contribution in [2.75, 3.05) is 0 Å². The predicted molar refractivity (Wildman–Crippen MR) is 119 cm³/mol. The maximum absolute atomic E-state index is 2.36. The first-order valence-corrected chi connectivity index (χ1v) is 10.0. The molecule has 0 saturated heterocycles. The molecule has 2 heteroatoms. The third kappa shape index (κ3) is 2.05. The van der Waals surface area contributed by atoms with Crippen molar-refractivity contribution in [2.45, 2.75) is 0 Å². The second-order valence-corrected chi connectivity index (χ2v) is 8.14. The van der Waals surface area contributed by atoms with Gasteiger partial charge in [-0.25, -0.2) is 0 Å². The van der Waals surface area contributed by atoms with Gasteiger partial charge in [-0.3, -0.25) is 0 Å². The second-order valence-electron chi connectivity index (χ2n) is 7.09. The zero-order valence-electron chi connectivity index (χ0n) is 14.9. The molecule has 0 saturated carbocycles. The number of hydrogen-bond donors (Lipinski definition) is 0. The van der Waals surface area contributed by atoms with Crippen molar-refractivity contribution in [3.8, 4) is 11.1 Å². The first-order chi connectivity index (χ1) is 13.3. The van der Waals surface area contributed by atoms with E-state index < -0.39 is 0 Å². The van der Waals surface area contributed by atoms with E-state index in [-0.39, 0.29) is 0 Å². The fourth-order valence-corrected chi connectivity index (χ4v) is 5.55. The van der Waals surface area contributed by atoms with Crippen molar-refractivity contribution in [3.05, 3.63) is 84.9 Å². The fraction of sp³-hybridized carbons (Fsp3) is 0.0400. The number of aryl methyl sites for hydroxylation is 1. The number of thiophene rings is 1. The molecule has 0 bridgehead atoms. The molecule has 1 nitrogen and oxygen atoms in total. The van der Waals surface area contributed by atoms with E-state index in [1.54, 1.807) is 0 Å². The summed E-state index contributed by atoms with van der Waals surface area (Å²) in [4.78, 5) is 0. The summed E-state index contributed by atoms with van der Waals surface area (Å²) in [5, 5.41) is 5.44. The van der Waals surface area contributed by atoms with E-state index in [1.807, 2.05) is 11.3 Å². The maximum Gasteiger partial charge on any atom is 0.0503 e. The summed E-state index contributed by atoms with van der Waals surface area (Å²) in [6.45, 7) is 0. The molecule has 0 fully saturated rings. The van der Waals surface area contributed by atoms with Gasteiger partial charge in [-0.15, -0.1) is 11.3 Å². The number of fused-ring (bicyclic) bond motifs is 7. The average Bonchev–Trinajstić information content (AvgIpc) is 3.24. The molecule has 6 rings (SSSR count). The lowest BCUT2D eigenvalue weighted by Gasteiger charge is -2.03. The van der Waals surface area contributed by atoms with Crippen LogP contribution in [0.1, 0.15) is 0 Å². The van der Waals surface area contributed by atoms with E-state index in [9.17, 15) is 0 Å². The Morgan fingerprint density at radius 2 is 1.41 bits per heavy atom. The lowest BCUT2D eigenvalue weighted by Crippen LogP contribution is -1.86. The van der Waals surface area contributed by atoms with E-state index in [1.165, 1.54) is 53.1 Å². The summed E-state index contributed by atoms with van der Waals surface area (Å²) >= 11 is 1.91. The first kappa shape index (κ1) is 15.0. The van der Waals surface area contributed by atoms with Gasteiger partial charge in [-0.2, -0.15) is 0 Å². The Morgan fingerprint density at radius 3 is 2.30 bits per heavy atom. The monoisotopic (exact) mass is 363 g/mol. The van der Waals surface area contributed by atoms with Gasteiger partial charge in [0.1, 0.15) is 0 Å². The Bertz CT molecular complexity index is 1470. The summed E-state index contributed by atoms with van der Waals surface area (Å²) in [5.41, 5.74) is 5.12. The highest BCUT2D eigenvalue weighted by molar-refractivity contribution is 7.26. The van der Waals surface area contributed by atoms with Crippen LogP contribution >= 0.6 is 11.3 Å². The third-order valence-electron chi connectivity index (χ3n) is 5.62. The van der Waals surface area contributed by atoms with Gasteiger partial charge < -0.3 is 4.57 Å². The smallest absolute Gasteiger partial charge is 0.0503 e. The summed E-state index contributed by atoms with van der Waals surface area (Å²) in [5.74, 6) is 0. The van der Waals surface area contributed by atoms with Gasteiger partial charge in [-0.05, 0) is 35.4 Å². The van der Waals surface area contributed by atoms with Crippen LogP contribution in [0.5, 0.6) is 0 Å². The summed E-state index contributed by atoms with van der Waals surface area (Å²) < 4.78 is 5.07. The van der Waals surface area contributed by atoms with Gasteiger partial charge in [-0.1, -0.05) is 60.7 Å². The molecule has 27 heavy (non-hydrogen) atoms. The van der Waals surface area contributed by atoms with Crippen molar-refractivity contribution >= 4 is 53.3 Å². The maximum atomic E-state index is 2.36. The van der Waals surface area contributed by atoms with Crippen molar-refractivity contribution < 1.29 is 0 Å². The van der Waals surface area contributed by atoms with Gasteiger partial charge in [0.25, 0.3) is 0 Å². The van der Waals surface area contributed by atoms with Crippen LogP contribution in [0.4, 0.5) is 0 Å². The number of rotatable bonds is 1. The van der Waals surface area contributed by atoms with Gasteiger partial charge in [0, 0.05) is 43.5 Å². The molecule has 0 aliphatic heterocycles. The SMILES string of the molecule is Cn1c2ccc(-c3ccccc3)cc2c2c3sc4ccccc4c3ccc21. The fourth-order valence-electron chi connectivity index (χ4n) is 4.29. The average molecular weight is 363 g/mol. The minimum Gasteiger partial charge on any atom is -0.344 e. The molecule has 0 radical (unpaired) electrons. The Balaban J connectivity index is 1.79. The van der Waals surface area contributed by atoms with Crippen LogP contribution in [0.3, 0.4) is 0 Å². The Hall–Kier alpha value is -3.10. The molecule has 2 heterocycles. The molecule has 0 aliphatic rings. The van der Waals surface area contributed by atoms with Crippen molar-refractivity contribution in [1.82, 2.24) is 4.57 Å². The van der Waals surface area contributed by atoms with Crippen LogP contribution in [0, 0.1) is 0 Å². The molecular formula is C25H17NS. The minimum atomic E-state index is 1.26. The van der Waals surface area contributed by atoms with Crippen molar-refractivity contribution in [3.63, 3.8) is 0 Å². The van der Waals surface area contributed by atoms with Crippen LogP contribution in [0.15, 0.2) is 84.9 Å². The molecule has 0 atom stereocenters. The van der Waals surface area contributed by atoms with Crippen LogP contribution in [0.2, 0.25) is 0 Å². The predicted octanol–water partition coefficient (Wildman–Crippen LogP) is 7.37. The van der Waals surface area contributed by atoms with Gasteiger partial charge in [0.05, 0.1) is 5.52 Å². The lowest BCUT2D eigenvalue weighted by atomic mass is 10.0. The van der Waals surface area contributed by atoms with Crippen LogP contribution in [0.25, 0.3) is 53.1 Å². The Morgan fingerprint density at radius 1 is 0.630 bits per heavy atom. The Kier molecular flexibility index (Phi) is 3.03. The quantitative estimate of drug-likeness (QED) is 0.287. The normalized spacial score (nSPS) is 11.9. The van der Waals surface area contributed by atoms with E-state index in [4.69, 9.17) is 0 Å². The molecule has 0 spiro atoms. The summed E-state index contributed by atoms with van der Waals surface area (Å²) in [6, 6.07) is 30.8. The number of benzene rings is 4. The topological polar surface area (TPSA) is 4.93 Å². The van der Waals surface area contributed by atoms with E-state index in [0.717, 1.165) is 0 Å². The second kappa shape index (κ2) is 5.45.